The zero-order valence-electron chi connectivity index (χ0n) is 16.6. The van der Waals surface area contributed by atoms with Crippen LogP contribution in [0.3, 0.4) is 0 Å². The molecule has 3 rings (SSSR count). The van der Waals surface area contributed by atoms with Gasteiger partial charge in [-0.1, -0.05) is 48.9 Å². The lowest BCUT2D eigenvalue weighted by atomic mass is 10.0. The van der Waals surface area contributed by atoms with Crippen molar-refractivity contribution in [3.63, 3.8) is 0 Å². The lowest BCUT2D eigenvalue weighted by molar-refractivity contribution is 0.0693. The van der Waals surface area contributed by atoms with E-state index < -0.39 is 17.0 Å². The van der Waals surface area contributed by atoms with E-state index in [-0.39, 0.29) is 17.4 Å². The highest BCUT2D eigenvalue weighted by molar-refractivity contribution is 7.86. The molecule has 0 spiro atoms. The molecule has 0 aliphatic heterocycles. The number of methoxy groups -OCH3 is 1. The molecule has 156 valence electrons. The van der Waals surface area contributed by atoms with Gasteiger partial charge >= 0.3 is 5.97 Å². The van der Waals surface area contributed by atoms with E-state index in [0.717, 1.165) is 5.56 Å². The minimum atomic E-state index is -1.60. The molecule has 0 saturated carbocycles. The van der Waals surface area contributed by atoms with Gasteiger partial charge < -0.3 is 9.84 Å². The van der Waals surface area contributed by atoms with Gasteiger partial charge in [-0.2, -0.15) is 0 Å². The maximum Gasteiger partial charge on any atom is 0.339 e. The van der Waals surface area contributed by atoms with Crippen LogP contribution in [0.15, 0.2) is 77.7 Å². The standard InChI is InChI=1S/C23H22ClNO4S/c1-3-21(16-7-5-4-6-8-16)25(30(28)19-12-9-17(24)10-13-19)18-11-14-22(29-2)20(15-18)23(26)27/h4-15,21H,3H2,1-2H3,(H,26,27). The van der Waals surface area contributed by atoms with Crippen molar-refractivity contribution < 1.29 is 18.8 Å². The van der Waals surface area contributed by atoms with E-state index in [0.29, 0.717) is 22.0 Å². The van der Waals surface area contributed by atoms with Crippen molar-refractivity contribution in [3.8, 4) is 5.75 Å². The summed E-state index contributed by atoms with van der Waals surface area (Å²) in [4.78, 5) is 12.3. The van der Waals surface area contributed by atoms with Crippen LogP contribution < -0.4 is 9.04 Å². The van der Waals surface area contributed by atoms with Crippen LogP contribution in [-0.2, 0) is 11.0 Å². The number of carboxylic acid groups (broad SMARTS) is 1. The number of hydrogen-bond donors (Lipinski definition) is 1. The summed E-state index contributed by atoms with van der Waals surface area (Å²) < 4.78 is 20.6. The second-order valence-corrected chi connectivity index (χ2v) is 8.35. The number of halogens is 1. The Morgan fingerprint density at radius 1 is 1.10 bits per heavy atom. The summed E-state index contributed by atoms with van der Waals surface area (Å²) >= 11 is 6.00. The van der Waals surface area contributed by atoms with Crippen LogP contribution in [-0.4, -0.2) is 22.4 Å². The first-order chi connectivity index (χ1) is 14.5. The molecule has 0 aromatic heterocycles. The Labute approximate surface area is 183 Å². The smallest absolute Gasteiger partial charge is 0.339 e. The van der Waals surface area contributed by atoms with Crippen molar-refractivity contribution >= 4 is 34.2 Å². The summed E-state index contributed by atoms with van der Waals surface area (Å²) in [7, 11) is -0.179. The van der Waals surface area contributed by atoms with Crippen molar-refractivity contribution in [3.05, 3.63) is 88.9 Å². The first-order valence-electron chi connectivity index (χ1n) is 9.39. The quantitative estimate of drug-likeness (QED) is 0.483. The van der Waals surface area contributed by atoms with Gasteiger partial charge in [-0.05, 0) is 54.4 Å². The van der Waals surface area contributed by atoms with Crippen LogP contribution in [0.1, 0.15) is 35.3 Å². The van der Waals surface area contributed by atoms with Gasteiger partial charge in [0.2, 0.25) is 0 Å². The van der Waals surface area contributed by atoms with E-state index in [2.05, 4.69) is 0 Å². The highest BCUT2D eigenvalue weighted by atomic mass is 35.5. The van der Waals surface area contributed by atoms with Crippen molar-refractivity contribution in [2.24, 2.45) is 0 Å². The molecule has 7 heteroatoms. The normalized spacial score (nSPS) is 12.8. The molecule has 0 aliphatic rings. The monoisotopic (exact) mass is 443 g/mol. The Morgan fingerprint density at radius 2 is 1.77 bits per heavy atom. The molecule has 2 atom stereocenters. The first kappa shape index (κ1) is 21.9. The Hall–Kier alpha value is -2.83. The second-order valence-electron chi connectivity index (χ2n) is 6.55. The lowest BCUT2D eigenvalue weighted by Gasteiger charge is -2.32. The number of nitrogens with zero attached hydrogens (tertiary/aromatic N) is 1. The fourth-order valence-corrected chi connectivity index (χ4v) is 4.80. The molecule has 5 nitrogen and oxygen atoms in total. The molecule has 2 unspecified atom stereocenters. The fraction of sp³-hybridized carbons (Fsp3) is 0.174. The minimum absolute atomic E-state index is 0.0102. The Balaban J connectivity index is 2.16. The van der Waals surface area contributed by atoms with E-state index in [1.54, 1.807) is 40.7 Å². The molecule has 0 aliphatic carbocycles. The number of carboxylic acids is 1. The molecule has 0 saturated heterocycles. The van der Waals surface area contributed by atoms with Crippen molar-refractivity contribution in [1.29, 1.82) is 0 Å². The van der Waals surface area contributed by atoms with Crippen LogP contribution in [0.2, 0.25) is 5.02 Å². The lowest BCUT2D eigenvalue weighted by Crippen LogP contribution is -2.31. The molecule has 0 fully saturated rings. The number of aromatic carboxylic acids is 1. The summed E-state index contributed by atoms with van der Waals surface area (Å²) in [6, 6.07) is 21.1. The zero-order valence-corrected chi connectivity index (χ0v) is 18.2. The minimum Gasteiger partial charge on any atom is -0.496 e. The molecule has 0 heterocycles. The number of anilines is 1. The van der Waals surface area contributed by atoms with E-state index in [4.69, 9.17) is 16.3 Å². The van der Waals surface area contributed by atoms with Gasteiger partial charge in [-0.25, -0.2) is 9.00 Å². The van der Waals surface area contributed by atoms with E-state index in [1.165, 1.54) is 13.2 Å². The Bertz CT molecular complexity index is 1040. The van der Waals surface area contributed by atoms with Gasteiger partial charge in [0, 0.05) is 5.02 Å². The SMILES string of the molecule is CCC(c1ccccc1)N(c1ccc(OC)c(C(=O)O)c1)S(=O)c1ccc(Cl)cc1. The van der Waals surface area contributed by atoms with Crippen LogP contribution in [0.4, 0.5) is 5.69 Å². The first-order valence-corrected chi connectivity index (χ1v) is 10.9. The predicted octanol–water partition coefficient (Wildman–Crippen LogP) is 5.73. The van der Waals surface area contributed by atoms with Crippen molar-refractivity contribution in [2.75, 3.05) is 11.4 Å². The molecular formula is C23H22ClNO4S. The van der Waals surface area contributed by atoms with Gasteiger partial charge in [0.05, 0.1) is 23.7 Å². The average Bonchev–Trinajstić information content (AvgIpc) is 2.77. The highest BCUT2D eigenvalue weighted by Crippen LogP contribution is 2.36. The summed E-state index contributed by atoms with van der Waals surface area (Å²) in [6.07, 6.45) is 0.664. The predicted molar refractivity (Wildman–Crippen MR) is 120 cm³/mol. The summed E-state index contributed by atoms with van der Waals surface area (Å²) in [5.74, 6) is -0.866. The van der Waals surface area contributed by atoms with Crippen LogP contribution in [0, 0.1) is 0 Å². The Kier molecular flexibility index (Phi) is 7.13. The summed E-state index contributed by atoms with van der Waals surface area (Å²) in [6.45, 7) is 2.01. The third-order valence-corrected chi connectivity index (χ3v) is 6.47. The van der Waals surface area contributed by atoms with Crippen molar-refractivity contribution in [2.45, 2.75) is 24.3 Å². The molecule has 0 amide bonds. The van der Waals surface area contributed by atoms with E-state index >= 15 is 0 Å². The Morgan fingerprint density at radius 3 is 2.33 bits per heavy atom. The molecular weight excluding hydrogens is 422 g/mol. The number of benzene rings is 3. The van der Waals surface area contributed by atoms with Gasteiger partial charge in [0.1, 0.15) is 11.3 Å². The molecule has 0 bridgehead atoms. The maximum absolute atomic E-state index is 13.7. The second kappa shape index (κ2) is 9.78. The molecule has 30 heavy (non-hydrogen) atoms. The zero-order chi connectivity index (χ0) is 21.7. The highest BCUT2D eigenvalue weighted by Gasteiger charge is 2.27. The van der Waals surface area contributed by atoms with Crippen LogP contribution in [0.25, 0.3) is 0 Å². The van der Waals surface area contributed by atoms with Crippen molar-refractivity contribution in [1.82, 2.24) is 0 Å². The van der Waals surface area contributed by atoms with Crippen LogP contribution in [0.5, 0.6) is 5.75 Å². The van der Waals surface area contributed by atoms with Gasteiger partial charge in [0.25, 0.3) is 0 Å². The topological polar surface area (TPSA) is 66.8 Å². The molecule has 3 aromatic rings. The molecule has 3 aromatic carbocycles. The average molecular weight is 444 g/mol. The number of carbonyl (C=O) groups is 1. The third kappa shape index (κ3) is 4.66. The van der Waals surface area contributed by atoms with Crippen LogP contribution >= 0.6 is 11.6 Å². The molecule has 0 radical (unpaired) electrons. The number of ether oxygens (including phenoxy) is 1. The summed E-state index contributed by atoms with van der Waals surface area (Å²) in [5, 5.41) is 10.2. The molecule has 1 N–H and O–H groups in total. The maximum atomic E-state index is 13.7. The van der Waals surface area contributed by atoms with Gasteiger partial charge in [-0.15, -0.1) is 0 Å². The van der Waals surface area contributed by atoms with Gasteiger partial charge in [-0.3, -0.25) is 4.31 Å². The van der Waals surface area contributed by atoms with Gasteiger partial charge in [0.15, 0.2) is 11.0 Å². The van der Waals surface area contributed by atoms with E-state index in [1.807, 2.05) is 37.3 Å². The number of rotatable bonds is 8. The third-order valence-electron chi connectivity index (χ3n) is 4.72. The summed E-state index contributed by atoms with van der Waals surface area (Å²) in [5.41, 5.74) is 1.52. The van der Waals surface area contributed by atoms with E-state index in [9.17, 15) is 14.1 Å². The number of hydrogen-bond acceptors (Lipinski definition) is 3. The fourth-order valence-electron chi connectivity index (χ4n) is 3.27. The largest absolute Gasteiger partial charge is 0.496 e.